The third kappa shape index (κ3) is 4.35. The van der Waals surface area contributed by atoms with E-state index < -0.39 is 0 Å². The molecule has 7 unspecified atom stereocenters. The van der Waals surface area contributed by atoms with Gasteiger partial charge in [-0.15, -0.1) is 0 Å². The maximum absolute atomic E-state index is 2.77. The van der Waals surface area contributed by atoms with E-state index in [0.717, 1.165) is 35.1 Å². The van der Waals surface area contributed by atoms with E-state index in [4.69, 9.17) is 0 Å². The lowest BCUT2D eigenvalue weighted by Gasteiger charge is -2.60. The molecule has 2 aliphatic carbocycles. The van der Waals surface area contributed by atoms with Gasteiger partial charge in [0, 0.05) is 6.54 Å². The van der Waals surface area contributed by atoms with Gasteiger partial charge in [-0.1, -0.05) is 71.4 Å². The van der Waals surface area contributed by atoms with Gasteiger partial charge in [-0.3, -0.25) is 0 Å². The molecule has 4 aliphatic rings. The molecule has 0 radical (unpaired) electrons. The van der Waals surface area contributed by atoms with Gasteiger partial charge in [0.05, 0.1) is 0 Å². The van der Waals surface area contributed by atoms with Gasteiger partial charge in [-0.25, -0.2) is 0 Å². The molecule has 32 heavy (non-hydrogen) atoms. The third-order valence-electron chi connectivity index (χ3n) is 10.8. The summed E-state index contributed by atoms with van der Waals surface area (Å²) in [7, 11) is 2.56. The highest BCUT2D eigenvalue weighted by Crippen LogP contribution is 2.75. The molecule has 2 saturated carbocycles. The zero-order valence-corrected chi connectivity index (χ0v) is 22.1. The summed E-state index contributed by atoms with van der Waals surface area (Å²) in [6.07, 6.45) is 20.0. The summed E-state index contributed by atoms with van der Waals surface area (Å²) in [5.74, 6) is 3.19. The lowest BCUT2D eigenvalue weighted by molar-refractivity contribution is -0.00641. The zero-order valence-electron chi connectivity index (χ0n) is 21.2. The summed E-state index contributed by atoms with van der Waals surface area (Å²) >= 11 is 0. The zero-order chi connectivity index (χ0) is 22.2. The Morgan fingerprint density at radius 3 is 2.62 bits per heavy atom. The second-order valence-electron chi connectivity index (χ2n) is 12.5. The van der Waals surface area contributed by atoms with Crippen LogP contribution in [0, 0.1) is 23.2 Å². The molecule has 0 amide bonds. The second-order valence-corrected chi connectivity index (χ2v) is 15.6. The van der Waals surface area contributed by atoms with Crippen molar-refractivity contribution >= 4 is 7.92 Å². The van der Waals surface area contributed by atoms with Crippen molar-refractivity contribution in [1.82, 2.24) is 4.90 Å². The summed E-state index contributed by atoms with van der Waals surface area (Å²) in [5, 5.41) is 0.726. The molecule has 5 rings (SSSR count). The van der Waals surface area contributed by atoms with Crippen molar-refractivity contribution in [2.75, 3.05) is 19.8 Å². The van der Waals surface area contributed by atoms with Crippen molar-refractivity contribution in [3.05, 3.63) is 35.9 Å². The summed E-state index contributed by atoms with van der Waals surface area (Å²) in [6.45, 7) is 7.85. The molecule has 4 fully saturated rings. The number of unbranched alkanes of at least 4 members (excludes halogenated alkanes) is 1. The minimum absolute atomic E-state index is 0.260. The van der Waals surface area contributed by atoms with Crippen LogP contribution in [0.5, 0.6) is 0 Å². The van der Waals surface area contributed by atoms with Crippen molar-refractivity contribution in [2.45, 2.75) is 108 Å². The van der Waals surface area contributed by atoms with E-state index in [-0.39, 0.29) is 7.92 Å². The molecular formula is C30H48NP. The second kappa shape index (κ2) is 9.70. The fourth-order valence-electron chi connectivity index (χ4n) is 8.94. The van der Waals surface area contributed by atoms with E-state index in [1.807, 2.05) is 0 Å². The van der Waals surface area contributed by atoms with Crippen LogP contribution < -0.4 is 0 Å². The van der Waals surface area contributed by atoms with Crippen LogP contribution in [-0.2, 0) is 6.54 Å². The molecular weight excluding hydrogens is 405 g/mol. The monoisotopic (exact) mass is 453 g/mol. The molecule has 0 bridgehead atoms. The van der Waals surface area contributed by atoms with Gasteiger partial charge >= 0.3 is 0 Å². The van der Waals surface area contributed by atoms with Gasteiger partial charge in [-0.05, 0) is 117 Å². The summed E-state index contributed by atoms with van der Waals surface area (Å²) in [4.78, 5) is 2.52. The van der Waals surface area contributed by atoms with Gasteiger partial charge in [0.25, 0.3) is 0 Å². The Balaban J connectivity index is 1.13. The van der Waals surface area contributed by atoms with E-state index >= 15 is 0 Å². The summed E-state index contributed by atoms with van der Waals surface area (Å²) in [6, 6.07) is 11.0. The van der Waals surface area contributed by atoms with Gasteiger partial charge in [0.2, 0.25) is 0 Å². The van der Waals surface area contributed by atoms with Gasteiger partial charge in [-0.2, -0.15) is 0 Å². The largest absolute Gasteiger partial charge is 0.302 e. The Morgan fingerprint density at radius 2 is 1.78 bits per heavy atom. The van der Waals surface area contributed by atoms with Crippen molar-refractivity contribution in [3.8, 4) is 0 Å². The lowest BCUT2D eigenvalue weighted by atomic mass is 9.54. The predicted octanol–water partition coefficient (Wildman–Crippen LogP) is 8.32. The molecule has 7 atom stereocenters. The van der Waals surface area contributed by atoms with E-state index in [9.17, 15) is 0 Å². The van der Waals surface area contributed by atoms with Gasteiger partial charge in [0.15, 0.2) is 0 Å². The Bertz CT molecular complexity index is 748. The molecule has 2 saturated heterocycles. The quantitative estimate of drug-likeness (QED) is 0.296. The van der Waals surface area contributed by atoms with Crippen LogP contribution in [0.3, 0.4) is 0 Å². The Morgan fingerprint density at radius 1 is 0.938 bits per heavy atom. The van der Waals surface area contributed by atoms with Crippen LogP contribution in [0.15, 0.2) is 30.3 Å². The molecule has 0 aromatic heterocycles. The maximum Gasteiger partial charge on any atom is 0.0230 e. The average molecular weight is 454 g/mol. The summed E-state index contributed by atoms with van der Waals surface area (Å²) in [5.41, 5.74) is 3.29. The smallest absolute Gasteiger partial charge is 0.0230 e. The van der Waals surface area contributed by atoms with Gasteiger partial charge < -0.3 is 4.90 Å². The Labute approximate surface area is 199 Å². The van der Waals surface area contributed by atoms with Crippen molar-refractivity contribution in [1.29, 1.82) is 0 Å². The number of nitrogens with zero attached hydrogens (tertiary/aromatic N) is 1. The molecule has 0 N–H and O–H groups in total. The molecule has 0 spiro atoms. The SMILES string of the molecule is CN(CCCCC1CCP2C3CCC4CCCCC4(C)C3CCC12C)Cc1ccccc1. The fourth-order valence-corrected chi connectivity index (χ4v) is 13.7. The molecule has 1 aromatic carbocycles. The highest BCUT2D eigenvalue weighted by Gasteiger charge is 2.59. The first kappa shape index (κ1) is 23.4. The first-order chi connectivity index (χ1) is 15.5. The van der Waals surface area contributed by atoms with Crippen molar-refractivity contribution in [2.24, 2.45) is 23.2 Å². The first-order valence-corrected chi connectivity index (χ1v) is 15.6. The van der Waals surface area contributed by atoms with Crippen LogP contribution >= 0.6 is 7.92 Å². The summed E-state index contributed by atoms with van der Waals surface area (Å²) < 4.78 is 0. The third-order valence-corrected chi connectivity index (χ3v) is 14.9. The van der Waals surface area contributed by atoms with Crippen LogP contribution in [0.2, 0.25) is 0 Å². The highest BCUT2D eigenvalue weighted by atomic mass is 31.1. The molecule has 2 heteroatoms. The minimum Gasteiger partial charge on any atom is -0.302 e. The lowest BCUT2D eigenvalue weighted by Crippen LogP contribution is -2.51. The normalized spacial score (nSPS) is 41.2. The van der Waals surface area contributed by atoms with Crippen molar-refractivity contribution < 1.29 is 0 Å². The number of benzene rings is 1. The molecule has 178 valence electrons. The minimum atomic E-state index is 0.260. The van der Waals surface area contributed by atoms with Crippen LogP contribution in [-0.4, -0.2) is 35.5 Å². The predicted molar refractivity (Wildman–Crippen MR) is 141 cm³/mol. The van der Waals surface area contributed by atoms with E-state index in [1.54, 1.807) is 51.1 Å². The van der Waals surface area contributed by atoms with Crippen LogP contribution in [0.4, 0.5) is 0 Å². The van der Waals surface area contributed by atoms with Crippen LogP contribution in [0.25, 0.3) is 0 Å². The molecule has 2 heterocycles. The topological polar surface area (TPSA) is 3.24 Å². The number of hydrogen-bond donors (Lipinski definition) is 0. The number of rotatable bonds is 7. The fraction of sp³-hybridized carbons (Fsp3) is 0.800. The Kier molecular flexibility index (Phi) is 7.08. The first-order valence-electron chi connectivity index (χ1n) is 14.0. The van der Waals surface area contributed by atoms with Crippen molar-refractivity contribution in [3.63, 3.8) is 0 Å². The van der Waals surface area contributed by atoms with E-state index in [0.29, 0.717) is 5.41 Å². The molecule has 1 nitrogen and oxygen atoms in total. The van der Waals surface area contributed by atoms with E-state index in [1.165, 1.54) is 44.2 Å². The maximum atomic E-state index is 2.77. The average Bonchev–Trinajstić information content (AvgIpc) is 3.13. The highest BCUT2D eigenvalue weighted by molar-refractivity contribution is 7.60. The Hall–Kier alpha value is -0.390. The molecule has 1 aromatic rings. The molecule has 2 aliphatic heterocycles. The number of hydrogen-bond acceptors (Lipinski definition) is 1. The van der Waals surface area contributed by atoms with Crippen LogP contribution in [0.1, 0.15) is 96.5 Å². The van der Waals surface area contributed by atoms with Gasteiger partial charge in [0.1, 0.15) is 0 Å². The van der Waals surface area contributed by atoms with E-state index in [2.05, 4.69) is 56.1 Å². The number of fused-ring (bicyclic) bond motifs is 5. The standard InChI is InChI=1S/C30H48NP/c1-29-19-9-7-13-25(29)15-16-28-27(29)17-20-30(2)26(18-22-32(28)30)14-8-10-21-31(3)23-24-11-5-4-6-12-24/h4-6,11-12,25-28H,7-10,13-23H2,1-3H3.